The summed E-state index contributed by atoms with van der Waals surface area (Å²) in [5, 5.41) is 14.0. The van der Waals surface area contributed by atoms with Gasteiger partial charge in [-0.2, -0.15) is 23.0 Å². The van der Waals surface area contributed by atoms with Crippen molar-refractivity contribution < 1.29 is 41.5 Å². The maximum absolute atomic E-state index is 12.9. The Balaban J connectivity index is 0.863. The lowest BCUT2D eigenvalue weighted by Crippen LogP contribution is -2.29. The molecule has 4 heterocycles. The zero-order valence-electron chi connectivity index (χ0n) is 42.9. The number of nitrogens with two attached hydrogens (primary N) is 1. The van der Waals surface area contributed by atoms with Crippen molar-refractivity contribution in [3.8, 4) is 5.88 Å². The zero-order chi connectivity index (χ0) is 53.3. The highest BCUT2D eigenvalue weighted by Crippen LogP contribution is 2.48. The first kappa shape index (κ1) is 53.7. The van der Waals surface area contributed by atoms with E-state index in [4.69, 9.17) is 19.9 Å². The summed E-state index contributed by atoms with van der Waals surface area (Å²) < 4.78 is 54.4. The molecule has 8 rings (SSSR count). The van der Waals surface area contributed by atoms with E-state index in [1.165, 1.54) is 35.7 Å². The van der Waals surface area contributed by atoms with Crippen molar-refractivity contribution in [3.63, 3.8) is 0 Å². The van der Waals surface area contributed by atoms with Gasteiger partial charge in [0.25, 0.3) is 15.8 Å². The molecule has 1 amide bonds. The van der Waals surface area contributed by atoms with E-state index in [1.54, 1.807) is 24.3 Å². The van der Waals surface area contributed by atoms with E-state index in [-0.39, 0.29) is 34.5 Å². The minimum Gasteiger partial charge on any atom is -0.471 e. The molecule has 18 nitrogen and oxygen atoms in total. The summed E-state index contributed by atoms with van der Waals surface area (Å²) in [6.45, 7) is 14.2. The highest BCUT2D eigenvalue weighted by atomic mass is 32.2. The molecule has 0 spiro atoms. The number of ether oxygens (including phenoxy) is 3. The number of aromatic amines is 1. The van der Waals surface area contributed by atoms with Crippen LogP contribution in [0.2, 0.25) is 0 Å². The summed E-state index contributed by atoms with van der Waals surface area (Å²) in [7, 11) is -4.43. The number of unbranched alkanes of at least 4 members (excludes halogenated alkanes) is 2. The normalized spacial score (nSPS) is 15.4. The molecule has 0 radical (unpaired) electrons. The fraction of sp³-hybridized carbons (Fsp3) is 0.339. The first-order chi connectivity index (χ1) is 35.9. The molecular weight excluding hydrogens is 975 g/mol. The van der Waals surface area contributed by atoms with E-state index in [1.807, 2.05) is 42.5 Å². The molecule has 0 bridgehead atoms. The van der Waals surface area contributed by atoms with Crippen molar-refractivity contribution in [3.05, 3.63) is 171 Å². The van der Waals surface area contributed by atoms with Crippen molar-refractivity contribution >= 4 is 55.9 Å². The van der Waals surface area contributed by atoms with E-state index < -0.39 is 20.5 Å². The molecule has 0 saturated carbocycles. The lowest BCUT2D eigenvalue weighted by molar-refractivity contribution is -0.438. The number of nitrogens with zero attached hydrogens (tertiary/aromatic N) is 6. The number of non-ortho nitro benzene ring substituents is 1. The Hall–Kier alpha value is -7.58. The minimum absolute atomic E-state index is 0.0355. The Morgan fingerprint density at radius 3 is 2.36 bits per heavy atom. The van der Waals surface area contributed by atoms with Gasteiger partial charge in [-0.05, 0) is 92.3 Å². The molecule has 0 fully saturated rings. The van der Waals surface area contributed by atoms with Gasteiger partial charge in [-0.3, -0.25) is 19.5 Å². The number of fused-ring (bicyclic) bond motifs is 3. The van der Waals surface area contributed by atoms with Gasteiger partial charge < -0.3 is 35.1 Å². The van der Waals surface area contributed by atoms with Crippen LogP contribution >= 0.6 is 0 Å². The van der Waals surface area contributed by atoms with Crippen molar-refractivity contribution in [1.29, 1.82) is 0 Å². The molecule has 4 aromatic carbocycles. The van der Waals surface area contributed by atoms with Gasteiger partial charge in [0.1, 0.15) is 18.7 Å². The Morgan fingerprint density at radius 1 is 0.867 bits per heavy atom. The van der Waals surface area contributed by atoms with Crippen molar-refractivity contribution in [2.24, 2.45) is 0 Å². The number of hydrogen-bond donors (Lipinski definition) is 4. The maximum Gasteiger partial charge on any atom is 0.294 e. The van der Waals surface area contributed by atoms with E-state index in [0.29, 0.717) is 75.9 Å². The van der Waals surface area contributed by atoms with Crippen LogP contribution in [-0.4, -0.2) is 86.9 Å². The average molecular weight is 1040 g/mol. The largest absolute Gasteiger partial charge is 0.471 e. The van der Waals surface area contributed by atoms with Crippen LogP contribution in [0.1, 0.15) is 86.8 Å². The smallest absolute Gasteiger partial charge is 0.294 e. The fourth-order valence-corrected chi connectivity index (χ4v) is 10.1. The molecule has 0 atom stereocenters. The van der Waals surface area contributed by atoms with E-state index >= 15 is 0 Å². The SMILES string of the molecule is Cc1ccc2c(c1)C(C)(C)C(=CC=CC=CC1=[N+](CCCCCC(=O)NCc3ccc(COc4nc(N)nc5nc[nH]c45)cc3)c3ccc(S(=O)(=O)O)cc3C1(C)C)N2CCOCCOCc1ccc([N+](=O)[O-])cc1. The number of carbonyl (C=O) groups is 1. The number of aryl methyl sites for hydroxylation is 1. The number of benzene rings is 4. The van der Waals surface area contributed by atoms with Gasteiger partial charge in [0.15, 0.2) is 11.4 Å². The number of nitrogens with one attached hydrogen (secondary N) is 2. The third-order valence-electron chi connectivity index (χ3n) is 13.6. The van der Waals surface area contributed by atoms with Crippen LogP contribution in [0.5, 0.6) is 5.88 Å². The van der Waals surface area contributed by atoms with E-state index in [2.05, 4.69) is 99.7 Å². The highest BCUT2D eigenvalue weighted by Gasteiger charge is 2.45. The summed E-state index contributed by atoms with van der Waals surface area (Å²) in [6.07, 6.45) is 14.4. The first-order valence-electron chi connectivity index (χ1n) is 24.9. The van der Waals surface area contributed by atoms with Crippen molar-refractivity contribution in [1.82, 2.24) is 25.3 Å². The zero-order valence-corrected chi connectivity index (χ0v) is 43.7. The number of nitro benzene ring substituents is 1. The molecule has 0 unspecified atom stereocenters. The molecule has 0 saturated heterocycles. The van der Waals surface area contributed by atoms with Crippen molar-refractivity contribution in [2.45, 2.75) is 95.8 Å². The van der Waals surface area contributed by atoms with Crippen LogP contribution in [0.3, 0.4) is 0 Å². The van der Waals surface area contributed by atoms with Gasteiger partial charge in [0.2, 0.25) is 23.4 Å². The monoisotopic (exact) mass is 1040 g/mol. The predicted molar refractivity (Wildman–Crippen MR) is 288 cm³/mol. The number of hydrogen-bond acceptors (Lipinski definition) is 13. The number of imidazole rings is 1. The molecule has 2 aromatic heterocycles. The number of rotatable bonds is 24. The quantitative estimate of drug-likeness (QED) is 0.0110. The minimum atomic E-state index is -4.43. The Labute approximate surface area is 437 Å². The molecule has 19 heteroatoms. The number of aromatic nitrogens is 4. The Kier molecular flexibility index (Phi) is 16.7. The lowest BCUT2D eigenvalue weighted by atomic mass is 9.81. The number of H-pyrrole nitrogens is 1. The molecule has 392 valence electrons. The van der Waals surface area contributed by atoms with Gasteiger partial charge in [0.05, 0.1) is 48.0 Å². The standard InChI is InChI=1S/C56H63N9O9S/c1-38-15-25-46-44(32-38)55(2,3)49(64(46)28-29-72-30-31-73-35-40-20-22-42(23-21-40)65(67)68)13-9-6-8-12-48-56(4,5)45-33-43(75(69,70)71)24-26-47(45)63(48)27-11-7-10-14-50(66)58-34-39-16-18-41(19-17-39)36-74-53-51-52(60-37-59-51)61-54(57)62-53/h6,8-9,12-13,15-26,32-33,37H,7,10-11,14,27-31,34-36H2,1-5H3,(H4-,57,58,59,60,61,62,66,69,70,71)/p+1. The molecule has 2 aliphatic rings. The molecule has 75 heavy (non-hydrogen) atoms. The molecule has 5 N–H and O–H groups in total. The number of anilines is 2. The highest BCUT2D eigenvalue weighted by molar-refractivity contribution is 7.85. The summed E-state index contributed by atoms with van der Waals surface area (Å²) in [6, 6.07) is 25.4. The number of allylic oxidation sites excluding steroid dienone is 6. The molecular formula is C56H64N9O9S+. The van der Waals surface area contributed by atoms with E-state index in [0.717, 1.165) is 57.9 Å². The van der Waals surface area contributed by atoms with Gasteiger partial charge in [0, 0.05) is 72.6 Å². The number of nitro groups is 1. The molecule has 0 aliphatic carbocycles. The van der Waals surface area contributed by atoms with Crippen molar-refractivity contribution in [2.75, 3.05) is 43.5 Å². The second-order valence-electron chi connectivity index (χ2n) is 19.7. The number of carbonyl (C=O) groups excluding carboxylic acids is 1. The maximum atomic E-state index is 12.9. The first-order valence-corrected chi connectivity index (χ1v) is 26.4. The summed E-state index contributed by atoms with van der Waals surface area (Å²) >= 11 is 0. The van der Waals surface area contributed by atoms with Gasteiger partial charge >= 0.3 is 0 Å². The molecule has 6 aromatic rings. The van der Waals surface area contributed by atoms with Gasteiger partial charge in [-0.25, -0.2) is 4.98 Å². The predicted octanol–water partition coefficient (Wildman–Crippen LogP) is 9.26. The summed E-state index contributed by atoms with van der Waals surface area (Å²) in [5.74, 6) is 0.363. The van der Waals surface area contributed by atoms with Crippen LogP contribution in [-0.2, 0) is 55.0 Å². The van der Waals surface area contributed by atoms with Gasteiger partial charge in [-0.1, -0.05) is 74.0 Å². The second-order valence-corrected chi connectivity index (χ2v) is 21.1. The lowest BCUT2D eigenvalue weighted by Gasteiger charge is -2.27. The summed E-state index contributed by atoms with van der Waals surface area (Å²) in [5.41, 5.74) is 16.0. The van der Waals surface area contributed by atoms with Crippen LogP contribution in [0.4, 0.5) is 23.0 Å². The van der Waals surface area contributed by atoms with Gasteiger partial charge in [-0.15, -0.1) is 0 Å². The Bertz CT molecular complexity index is 3290. The third-order valence-corrected chi connectivity index (χ3v) is 14.5. The average Bonchev–Trinajstić information content (AvgIpc) is 4.02. The van der Waals surface area contributed by atoms with Crippen LogP contribution in [0.15, 0.2) is 132 Å². The van der Waals surface area contributed by atoms with Crippen LogP contribution in [0.25, 0.3) is 11.2 Å². The third kappa shape index (κ3) is 12.9. The number of amides is 1. The van der Waals surface area contributed by atoms with E-state index in [9.17, 15) is 27.9 Å². The number of nitrogen functional groups attached to an aromatic ring is 1. The van der Waals surface area contributed by atoms with Crippen LogP contribution in [0, 0.1) is 17.0 Å². The summed E-state index contributed by atoms with van der Waals surface area (Å²) in [4.78, 5) is 41.0. The fourth-order valence-electron chi connectivity index (χ4n) is 9.58. The van der Waals surface area contributed by atoms with Crippen LogP contribution < -0.4 is 20.7 Å². The molecule has 2 aliphatic heterocycles. The Morgan fingerprint density at radius 2 is 1.60 bits per heavy atom. The topological polar surface area (TPSA) is 241 Å². The second kappa shape index (κ2) is 23.3.